The second kappa shape index (κ2) is 32.9. The fourth-order valence-electron chi connectivity index (χ4n) is 6.00. The largest absolute Gasteiger partial charge is 0.480 e. The summed E-state index contributed by atoms with van der Waals surface area (Å²) >= 11 is 0. The van der Waals surface area contributed by atoms with Crippen molar-refractivity contribution in [2.75, 3.05) is 6.54 Å². The molecule has 0 rings (SSSR count). The van der Waals surface area contributed by atoms with Gasteiger partial charge in [-0.25, -0.2) is 0 Å². The molecule has 0 bridgehead atoms. The highest BCUT2D eigenvalue weighted by Crippen LogP contribution is 2.16. The van der Waals surface area contributed by atoms with Crippen LogP contribution in [0, 0.1) is 0 Å². The highest BCUT2D eigenvalue weighted by molar-refractivity contribution is 5.95. The van der Waals surface area contributed by atoms with Gasteiger partial charge in [0.05, 0.1) is 0 Å². The van der Waals surface area contributed by atoms with E-state index >= 15 is 0 Å². The molecule has 0 unspecified atom stereocenters. The molecule has 0 fully saturated rings. The molecule has 260 valence electrons. The van der Waals surface area contributed by atoms with E-state index in [2.05, 4.69) is 13.8 Å². The van der Waals surface area contributed by atoms with Crippen molar-refractivity contribution in [3.05, 3.63) is 0 Å². The second-order valence-electron chi connectivity index (χ2n) is 13.4. The number of imide groups is 1. The van der Waals surface area contributed by atoms with Gasteiger partial charge in [0, 0.05) is 19.4 Å². The number of carboxylic acid groups (broad SMARTS) is 1. The zero-order valence-corrected chi connectivity index (χ0v) is 29.4. The normalized spacial score (nSPS) is 12.0. The summed E-state index contributed by atoms with van der Waals surface area (Å²) in [5.41, 5.74) is 5.63. The number of amides is 2. The van der Waals surface area contributed by atoms with E-state index in [4.69, 9.17) is 10.8 Å². The summed E-state index contributed by atoms with van der Waals surface area (Å²) in [5.74, 6) is -1.12. The molecule has 0 radical (unpaired) electrons. The first-order valence-corrected chi connectivity index (χ1v) is 19.3. The van der Waals surface area contributed by atoms with Crippen molar-refractivity contribution >= 4 is 17.8 Å². The van der Waals surface area contributed by atoms with Gasteiger partial charge in [-0.15, -0.1) is 0 Å². The zero-order chi connectivity index (χ0) is 32.5. The Morgan fingerprint density at radius 2 is 0.773 bits per heavy atom. The minimum Gasteiger partial charge on any atom is -0.480 e. The molecule has 0 aromatic heterocycles. The molecule has 0 aromatic rings. The Bertz CT molecular complexity index is 627. The number of hydrogen-bond donors (Lipinski definition) is 2. The van der Waals surface area contributed by atoms with Crippen LogP contribution in [0.1, 0.15) is 213 Å². The Kier molecular flexibility index (Phi) is 31.9. The molecule has 3 N–H and O–H groups in total. The SMILES string of the molecule is CCCCCCCCCCCCCCCC(=O)N(CCCC[C@H](N)C(=O)O)C(=O)CCCCCCCCCCCCCCC. The third-order valence-electron chi connectivity index (χ3n) is 9.05. The van der Waals surface area contributed by atoms with Crippen molar-refractivity contribution < 1.29 is 19.5 Å². The van der Waals surface area contributed by atoms with Crippen molar-refractivity contribution in [3.63, 3.8) is 0 Å². The van der Waals surface area contributed by atoms with Crippen LogP contribution < -0.4 is 5.73 Å². The van der Waals surface area contributed by atoms with Gasteiger partial charge in [0.1, 0.15) is 6.04 Å². The van der Waals surface area contributed by atoms with E-state index in [0.717, 1.165) is 38.5 Å². The molecule has 0 aliphatic heterocycles. The van der Waals surface area contributed by atoms with E-state index in [1.165, 1.54) is 133 Å². The van der Waals surface area contributed by atoms with Gasteiger partial charge in [-0.2, -0.15) is 0 Å². The molecule has 44 heavy (non-hydrogen) atoms. The van der Waals surface area contributed by atoms with Crippen LogP contribution in [0.4, 0.5) is 0 Å². The highest BCUT2D eigenvalue weighted by Gasteiger charge is 2.20. The van der Waals surface area contributed by atoms with Crippen molar-refractivity contribution in [3.8, 4) is 0 Å². The number of carbonyl (C=O) groups excluding carboxylic acids is 2. The summed E-state index contributed by atoms with van der Waals surface area (Å²) in [6, 6.07) is -0.883. The van der Waals surface area contributed by atoms with Gasteiger partial charge in [-0.05, 0) is 32.1 Å². The number of nitrogens with zero attached hydrogens (tertiary/aromatic N) is 1. The number of carboxylic acids is 1. The lowest BCUT2D eigenvalue weighted by Crippen LogP contribution is -2.37. The summed E-state index contributed by atoms with van der Waals surface area (Å²) in [7, 11) is 0. The molecular weight excluding hydrogens is 548 g/mol. The maximum atomic E-state index is 13.0. The van der Waals surface area contributed by atoms with Gasteiger partial charge in [-0.1, -0.05) is 168 Å². The summed E-state index contributed by atoms with van der Waals surface area (Å²) in [4.78, 5) is 38.6. The standard InChI is InChI=1S/C38H74N2O4/c1-3-5-7-9-11-13-15-17-19-21-23-25-27-32-36(41)40(34-30-29-31-35(39)38(43)44)37(42)33-28-26-24-22-20-18-16-14-12-10-8-6-4-2/h35H,3-34,39H2,1-2H3,(H,43,44)/t35-/m0/s1. The van der Waals surface area contributed by atoms with E-state index in [0.29, 0.717) is 38.6 Å². The van der Waals surface area contributed by atoms with Crippen LogP contribution in [0.15, 0.2) is 0 Å². The van der Waals surface area contributed by atoms with Gasteiger partial charge in [0.25, 0.3) is 0 Å². The summed E-state index contributed by atoms with van der Waals surface area (Å²) < 4.78 is 0. The van der Waals surface area contributed by atoms with Crippen LogP contribution in [0.5, 0.6) is 0 Å². The molecule has 0 spiro atoms. The lowest BCUT2D eigenvalue weighted by atomic mass is 10.0. The van der Waals surface area contributed by atoms with E-state index in [1.54, 1.807) is 0 Å². The molecule has 1 atom stereocenters. The topological polar surface area (TPSA) is 101 Å². The molecule has 0 aliphatic carbocycles. The fourth-order valence-corrected chi connectivity index (χ4v) is 6.00. The first kappa shape index (κ1) is 42.6. The van der Waals surface area contributed by atoms with Gasteiger partial charge >= 0.3 is 5.97 Å². The number of rotatable bonds is 34. The number of hydrogen-bond acceptors (Lipinski definition) is 4. The first-order chi connectivity index (χ1) is 21.4. The Morgan fingerprint density at radius 3 is 1.07 bits per heavy atom. The smallest absolute Gasteiger partial charge is 0.320 e. The Hall–Kier alpha value is -1.43. The lowest BCUT2D eigenvalue weighted by Gasteiger charge is -2.21. The van der Waals surface area contributed by atoms with E-state index in [9.17, 15) is 14.4 Å². The van der Waals surface area contributed by atoms with Gasteiger partial charge < -0.3 is 10.8 Å². The molecule has 0 aliphatic rings. The van der Waals surface area contributed by atoms with Crippen LogP contribution in [0.25, 0.3) is 0 Å². The monoisotopic (exact) mass is 623 g/mol. The molecular formula is C38H74N2O4. The molecule has 6 nitrogen and oxygen atoms in total. The molecule has 0 heterocycles. The van der Waals surface area contributed by atoms with Gasteiger partial charge in [0.15, 0.2) is 0 Å². The Labute approximate surface area is 273 Å². The van der Waals surface area contributed by atoms with Crippen molar-refractivity contribution in [1.82, 2.24) is 4.90 Å². The summed E-state index contributed by atoms with van der Waals surface area (Å²) in [5, 5.41) is 9.02. The van der Waals surface area contributed by atoms with Crippen LogP contribution in [0.3, 0.4) is 0 Å². The number of unbranched alkanes of at least 4 members (excludes halogenated alkanes) is 25. The fraction of sp³-hybridized carbons (Fsp3) is 0.921. The third kappa shape index (κ3) is 28.1. The Morgan fingerprint density at radius 1 is 0.477 bits per heavy atom. The highest BCUT2D eigenvalue weighted by atomic mass is 16.4. The summed E-state index contributed by atoms with van der Waals surface area (Å²) in [6.45, 7) is 4.90. The third-order valence-corrected chi connectivity index (χ3v) is 9.05. The molecule has 6 heteroatoms. The van der Waals surface area contributed by atoms with Crippen LogP contribution in [-0.2, 0) is 14.4 Å². The lowest BCUT2D eigenvalue weighted by molar-refractivity contribution is -0.145. The average Bonchev–Trinajstić information content (AvgIpc) is 3.01. The maximum absolute atomic E-state index is 13.0. The average molecular weight is 623 g/mol. The van der Waals surface area contributed by atoms with E-state index in [-0.39, 0.29) is 11.8 Å². The minimum absolute atomic E-state index is 0.0599. The molecule has 0 saturated heterocycles. The zero-order valence-electron chi connectivity index (χ0n) is 29.4. The van der Waals surface area contributed by atoms with E-state index in [1.807, 2.05) is 0 Å². The number of aliphatic carboxylic acids is 1. The first-order valence-electron chi connectivity index (χ1n) is 19.3. The molecule has 0 aromatic carbocycles. The second-order valence-corrected chi connectivity index (χ2v) is 13.4. The van der Waals surface area contributed by atoms with Gasteiger partial charge in [-0.3, -0.25) is 19.3 Å². The Balaban J connectivity index is 4.18. The van der Waals surface area contributed by atoms with Crippen molar-refractivity contribution in [2.24, 2.45) is 5.73 Å². The number of carbonyl (C=O) groups is 3. The van der Waals surface area contributed by atoms with Crippen LogP contribution in [0.2, 0.25) is 0 Å². The predicted octanol–water partition coefficient (Wildman–Crippen LogP) is 10.9. The van der Waals surface area contributed by atoms with Gasteiger partial charge in [0.2, 0.25) is 11.8 Å². The maximum Gasteiger partial charge on any atom is 0.320 e. The quantitative estimate of drug-likeness (QED) is 0.0695. The summed E-state index contributed by atoms with van der Waals surface area (Å²) in [6.07, 6.45) is 35.2. The van der Waals surface area contributed by atoms with Crippen molar-refractivity contribution in [1.29, 1.82) is 0 Å². The minimum atomic E-state index is -1.00. The molecule has 0 saturated carbocycles. The molecule has 2 amide bonds. The van der Waals surface area contributed by atoms with E-state index < -0.39 is 12.0 Å². The predicted molar refractivity (Wildman–Crippen MR) is 187 cm³/mol. The van der Waals surface area contributed by atoms with Crippen molar-refractivity contribution in [2.45, 2.75) is 219 Å². The number of nitrogens with two attached hydrogens (primary N) is 1. The van der Waals surface area contributed by atoms with Crippen LogP contribution >= 0.6 is 0 Å². The van der Waals surface area contributed by atoms with Crippen LogP contribution in [-0.4, -0.2) is 40.4 Å².